The molecule has 2 aromatic rings. The maximum atomic E-state index is 12.7. The van der Waals surface area contributed by atoms with Crippen molar-refractivity contribution in [1.82, 2.24) is 15.1 Å². The number of ether oxygens (including phenoxy) is 3. The van der Waals surface area contributed by atoms with Gasteiger partial charge in [-0.2, -0.15) is 0 Å². The van der Waals surface area contributed by atoms with E-state index in [0.29, 0.717) is 31.2 Å². The Labute approximate surface area is 153 Å². The molecule has 1 saturated heterocycles. The molecule has 26 heavy (non-hydrogen) atoms. The average molecular weight is 359 g/mol. The molecule has 0 saturated carbocycles. The number of hydrogen-bond acceptors (Lipinski definition) is 5. The van der Waals surface area contributed by atoms with Gasteiger partial charge >= 0.3 is 0 Å². The number of aromatic nitrogens is 2. The molecule has 0 unspecified atom stereocenters. The summed E-state index contributed by atoms with van der Waals surface area (Å²) >= 11 is 0. The molecule has 0 atom stereocenters. The lowest BCUT2D eigenvalue weighted by atomic mass is 9.74. The van der Waals surface area contributed by atoms with Gasteiger partial charge in [0.05, 0.1) is 14.2 Å². The summed E-state index contributed by atoms with van der Waals surface area (Å²) in [5.74, 6) is 0.963. The zero-order valence-electron chi connectivity index (χ0n) is 15.4. The zero-order valence-corrected chi connectivity index (χ0v) is 15.4. The maximum absolute atomic E-state index is 12.7. The molecule has 1 aliphatic rings. The fraction of sp³-hybridized carbons (Fsp3) is 0.474. The quantitative estimate of drug-likeness (QED) is 0.853. The van der Waals surface area contributed by atoms with Crippen molar-refractivity contribution in [3.63, 3.8) is 0 Å². The zero-order chi connectivity index (χ0) is 18.6. The van der Waals surface area contributed by atoms with Crippen LogP contribution in [0.2, 0.25) is 0 Å². The third-order valence-electron chi connectivity index (χ3n) is 4.97. The van der Waals surface area contributed by atoms with E-state index in [1.165, 1.54) is 12.7 Å². The molecule has 1 amide bonds. The third-order valence-corrected chi connectivity index (χ3v) is 4.97. The Bertz CT molecular complexity index is 749. The predicted octanol–water partition coefficient (Wildman–Crippen LogP) is 1.92. The Morgan fingerprint density at radius 2 is 1.92 bits per heavy atom. The highest BCUT2D eigenvalue weighted by atomic mass is 16.5. The van der Waals surface area contributed by atoms with E-state index >= 15 is 0 Å². The highest BCUT2D eigenvalue weighted by Gasteiger charge is 2.35. The highest BCUT2D eigenvalue weighted by Crippen LogP contribution is 2.35. The van der Waals surface area contributed by atoms with Gasteiger partial charge in [-0.25, -0.2) is 0 Å². The Balaban J connectivity index is 1.79. The molecule has 1 aromatic heterocycles. The lowest BCUT2D eigenvalue weighted by Gasteiger charge is -2.38. The van der Waals surface area contributed by atoms with Crippen LogP contribution in [-0.2, 0) is 17.2 Å². The molecule has 2 heterocycles. The molecule has 1 fully saturated rings. The van der Waals surface area contributed by atoms with Crippen molar-refractivity contribution >= 4 is 5.91 Å². The molecule has 140 valence electrons. The molecule has 1 N–H and O–H groups in total. The van der Waals surface area contributed by atoms with Crippen molar-refractivity contribution in [3.05, 3.63) is 41.6 Å². The molecule has 0 bridgehead atoms. The monoisotopic (exact) mass is 359 g/mol. The summed E-state index contributed by atoms with van der Waals surface area (Å²) in [6.07, 6.45) is 3.37. The van der Waals surface area contributed by atoms with Gasteiger partial charge in [0.25, 0.3) is 5.91 Å². The van der Waals surface area contributed by atoms with Gasteiger partial charge in [-0.3, -0.25) is 9.48 Å². The largest absolute Gasteiger partial charge is 0.497 e. The number of benzene rings is 1. The van der Waals surface area contributed by atoms with Gasteiger partial charge in [-0.05, 0) is 30.5 Å². The van der Waals surface area contributed by atoms with Gasteiger partial charge in [0.1, 0.15) is 11.3 Å². The van der Waals surface area contributed by atoms with E-state index < -0.39 is 0 Å². The van der Waals surface area contributed by atoms with Crippen LogP contribution in [0.1, 0.15) is 28.8 Å². The van der Waals surface area contributed by atoms with Crippen molar-refractivity contribution < 1.29 is 19.0 Å². The van der Waals surface area contributed by atoms with E-state index in [1.807, 2.05) is 12.1 Å². The number of nitrogens with one attached hydrogen (secondary N) is 1. The van der Waals surface area contributed by atoms with Gasteiger partial charge in [-0.1, -0.05) is 12.1 Å². The van der Waals surface area contributed by atoms with Crippen LogP contribution in [0.4, 0.5) is 0 Å². The van der Waals surface area contributed by atoms with Crippen molar-refractivity contribution in [2.24, 2.45) is 7.05 Å². The van der Waals surface area contributed by atoms with Crippen LogP contribution in [0.25, 0.3) is 0 Å². The van der Waals surface area contributed by atoms with E-state index in [-0.39, 0.29) is 11.3 Å². The van der Waals surface area contributed by atoms with E-state index in [2.05, 4.69) is 22.5 Å². The minimum absolute atomic E-state index is 0.157. The fourth-order valence-corrected chi connectivity index (χ4v) is 3.39. The number of rotatable bonds is 6. The van der Waals surface area contributed by atoms with Gasteiger partial charge in [0.15, 0.2) is 0 Å². The Morgan fingerprint density at radius 1 is 1.23 bits per heavy atom. The van der Waals surface area contributed by atoms with Crippen molar-refractivity contribution in [1.29, 1.82) is 0 Å². The summed E-state index contributed by atoms with van der Waals surface area (Å²) < 4.78 is 17.6. The number of methoxy groups -OCH3 is 2. The summed E-state index contributed by atoms with van der Waals surface area (Å²) in [5, 5.41) is 7.20. The van der Waals surface area contributed by atoms with Crippen LogP contribution < -0.4 is 14.8 Å². The molecule has 0 aliphatic carbocycles. The number of carbonyl (C=O) groups excluding carboxylic acids is 1. The Hall–Kier alpha value is -2.54. The summed E-state index contributed by atoms with van der Waals surface area (Å²) in [7, 11) is 4.92. The standard InChI is InChI=1S/C19H25N3O4/c1-22-12-16(18(21-22)25-3)17(23)20-13-19(8-10-26-11-9-19)14-4-6-15(24-2)7-5-14/h4-7,12H,8-11,13H2,1-3H3,(H,20,23). The Morgan fingerprint density at radius 3 is 2.54 bits per heavy atom. The van der Waals surface area contributed by atoms with Crippen LogP contribution in [0.3, 0.4) is 0 Å². The molecular weight excluding hydrogens is 334 g/mol. The van der Waals surface area contributed by atoms with Gasteiger partial charge in [-0.15, -0.1) is 5.10 Å². The topological polar surface area (TPSA) is 74.6 Å². The second-order valence-electron chi connectivity index (χ2n) is 6.53. The molecule has 1 aromatic carbocycles. The second kappa shape index (κ2) is 7.78. The summed E-state index contributed by atoms with van der Waals surface area (Å²) in [5.41, 5.74) is 1.46. The molecule has 1 aliphatic heterocycles. The van der Waals surface area contributed by atoms with Gasteiger partial charge < -0.3 is 19.5 Å². The molecule has 7 nitrogen and oxygen atoms in total. The average Bonchev–Trinajstić information content (AvgIpc) is 3.08. The maximum Gasteiger partial charge on any atom is 0.258 e. The van der Waals surface area contributed by atoms with Crippen molar-refractivity contribution in [2.75, 3.05) is 34.0 Å². The highest BCUT2D eigenvalue weighted by molar-refractivity contribution is 5.96. The number of hydrogen-bond donors (Lipinski definition) is 1. The minimum atomic E-state index is -0.186. The Kier molecular flexibility index (Phi) is 5.46. The van der Waals surface area contributed by atoms with E-state index in [4.69, 9.17) is 14.2 Å². The van der Waals surface area contributed by atoms with Crippen LogP contribution in [0.15, 0.2) is 30.5 Å². The molecule has 0 radical (unpaired) electrons. The molecule has 0 spiro atoms. The number of carbonyl (C=O) groups is 1. The van der Waals surface area contributed by atoms with Crippen LogP contribution >= 0.6 is 0 Å². The first-order valence-corrected chi connectivity index (χ1v) is 8.66. The number of nitrogens with zero attached hydrogens (tertiary/aromatic N) is 2. The van der Waals surface area contributed by atoms with Crippen LogP contribution in [0, 0.1) is 0 Å². The third kappa shape index (κ3) is 3.67. The first kappa shape index (κ1) is 18.3. The van der Waals surface area contributed by atoms with Crippen LogP contribution in [-0.4, -0.2) is 49.7 Å². The van der Waals surface area contributed by atoms with Crippen LogP contribution in [0.5, 0.6) is 11.6 Å². The minimum Gasteiger partial charge on any atom is -0.497 e. The first-order chi connectivity index (χ1) is 12.6. The lowest BCUT2D eigenvalue weighted by Crippen LogP contribution is -2.44. The second-order valence-corrected chi connectivity index (χ2v) is 6.53. The summed E-state index contributed by atoms with van der Waals surface area (Å²) in [6.45, 7) is 1.88. The SMILES string of the molecule is COc1ccc(C2(CNC(=O)c3cn(C)nc3OC)CCOCC2)cc1. The summed E-state index contributed by atoms with van der Waals surface area (Å²) in [6, 6.07) is 8.05. The first-order valence-electron chi connectivity index (χ1n) is 8.66. The molecule has 7 heteroatoms. The van der Waals surface area contributed by atoms with Crippen molar-refractivity contribution in [3.8, 4) is 11.6 Å². The fourth-order valence-electron chi connectivity index (χ4n) is 3.39. The van der Waals surface area contributed by atoms with Gasteiger partial charge in [0.2, 0.25) is 5.88 Å². The van der Waals surface area contributed by atoms with E-state index in [0.717, 1.165) is 18.6 Å². The van der Waals surface area contributed by atoms with Crippen molar-refractivity contribution in [2.45, 2.75) is 18.3 Å². The summed E-state index contributed by atoms with van der Waals surface area (Å²) in [4.78, 5) is 12.7. The normalized spacial score (nSPS) is 16.1. The molecule has 3 rings (SSSR count). The predicted molar refractivity (Wildman–Crippen MR) is 96.8 cm³/mol. The lowest BCUT2D eigenvalue weighted by molar-refractivity contribution is 0.0486. The number of amides is 1. The van der Waals surface area contributed by atoms with E-state index in [1.54, 1.807) is 25.0 Å². The number of aryl methyl sites for hydroxylation is 1. The molecular formula is C19H25N3O4. The smallest absolute Gasteiger partial charge is 0.258 e. The van der Waals surface area contributed by atoms with Gasteiger partial charge in [0, 0.05) is 38.4 Å². The van der Waals surface area contributed by atoms with E-state index in [9.17, 15) is 4.79 Å².